The number of hydrogen-bond acceptors (Lipinski definition) is 2. The van der Waals surface area contributed by atoms with Crippen LogP contribution in [0.15, 0.2) is 24.4 Å². The number of benzene rings is 1. The molecule has 0 atom stereocenters. The first kappa shape index (κ1) is 13.4. The number of carbonyl (C=O) groups excluding carboxylic acids is 1. The van der Waals surface area contributed by atoms with E-state index >= 15 is 0 Å². The van der Waals surface area contributed by atoms with Crippen molar-refractivity contribution in [3.8, 4) is 0 Å². The Labute approximate surface area is 119 Å². The Bertz CT molecular complexity index is 623. The van der Waals surface area contributed by atoms with Crippen LogP contribution in [-0.2, 0) is 4.74 Å². The maximum absolute atomic E-state index is 12.4. The Hall–Kier alpha value is -1.61. The van der Waals surface area contributed by atoms with Crippen LogP contribution in [0.3, 0.4) is 0 Å². The smallest absolute Gasteiger partial charge is 0.165 e. The highest BCUT2D eigenvalue weighted by molar-refractivity contribution is 6.08. The van der Waals surface area contributed by atoms with Gasteiger partial charge in [0.1, 0.15) is 0 Å². The molecule has 1 aliphatic rings. The zero-order chi connectivity index (χ0) is 14.1. The van der Waals surface area contributed by atoms with Gasteiger partial charge in [-0.1, -0.05) is 11.6 Å². The molecule has 1 aliphatic carbocycles. The first-order valence-electron chi connectivity index (χ1n) is 7.40. The van der Waals surface area contributed by atoms with Crippen molar-refractivity contribution in [1.29, 1.82) is 0 Å². The van der Waals surface area contributed by atoms with Gasteiger partial charge in [-0.05, 0) is 44.7 Å². The molecule has 0 spiro atoms. The van der Waals surface area contributed by atoms with E-state index in [4.69, 9.17) is 4.74 Å². The van der Waals surface area contributed by atoms with Gasteiger partial charge in [-0.25, -0.2) is 0 Å². The molecule has 1 heterocycles. The minimum atomic E-state index is 0.252. The molecule has 3 heteroatoms. The first-order valence-corrected chi connectivity index (χ1v) is 7.40. The van der Waals surface area contributed by atoms with Crippen LogP contribution in [0.1, 0.15) is 42.1 Å². The Morgan fingerprint density at radius 2 is 2.20 bits per heavy atom. The van der Waals surface area contributed by atoms with Gasteiger partial charge in [0.05, 0.1) is 6.10 Å². The highest BCUT2D eigenvalue weighted by Gasteiger charge is 2.31. The van der Waals surface area contributed by atoms with Crippen LogP contribution in [0, 0.1) is 12.8 Å². The summed E-state index contributed by atoms with van der Waals surface area (Å²) in [7, 11) is 0. The van der Waals surface area contributed by atoms with Gasteiger partial charge in [0.15, 0.2) is 5.78 Å². The zero-order valence-corrected chi connectivity index (χ0v) is 12.1. The molecule has 1 fully saturated rings. The van der Waals surface area contributed by atoms with Crippen molar-refractivity contribution in [2.45, 2.75) is 39.2 Å². The molecule has 20 heavy (non-hydrogen) atoms. The average Bonchev–Trinajstić information content (AvgIpc) is 2.79. The summed E-state index contributed by atoms with van der Waals surface area (Å²) in [6.07, 6.45) is 4.93. The van der Waals surface area contributed by atoms with Crippen molar-refractivity contribution in [2.75, 3.05) is 6.61 Å². The fourth-order valence-corrected chi connectivity index (χ4v) is 3.05. The summed E-state index contributed by atoms with van der Waals surface area (Å²) in [6, 6.07) is 6.18. The second kappa shape index (κ2) is 5.41. The molecular formula is C17H21NO2. The molecule has 0 radical (unpaired) electrons. The fourth-order valence-electron chi connectivity index (χ4n) is 3.05. The van der Waals surface area contributed by atoms with E-state index in [0.29, 0.717) is 18.4 Å². The molecule has 1 saturated carbocycles. The third kappa shape index (κ3) is 2.50. The highest BCUT2D eigenvalue weighted by Crippen LogP contribution is 2.34. The van der Waals surface area contributed by atoms with E-state index in [9.17, 15) is 4.79 Å². The van der Waals surface area contributed by atoms with Crippen LogP contribution < -0.4 is 0 Å². The summed E-state index contributed by atoms with van der Waals surface area (Å²) in [5.41, 5.74) is 3.06. The third-order valence-corrected chi connectivity index (χ3v) is 4.21. The zero-order valence-electron chi connectivity index (χ0n) is 12.1. The molecule has 2 aromatic rings. The number of H-pyrrole nitrogens is 1. The quantitative estimate of drug-likeness (QED) is 0.839. The monoisotopic (exact) mass is 271 g/mol. The lowest BCUT2D eigenvalue weighted by Gasteiger charge is -2.34. The van der Waals surface area contributed by atoms with Gasteiger partial charge in [0.25, 0.3) is 0 Å². The molecule has 1 aromatic heterocycles. The van der Waals surface area contributed by atoms with Gasteiger partial charge < -0.3 is 9.72 Å². The predicted octanol–water partition coefficient (Wildman–Crippen LogP) is 3.86. The van der Waals surface area contributed by atoms with Gasteiger partial charge >= 0.3 is 0 Å². The van der Waals surface area contributed by atoms with Crippen molar-refractivity contribution in [1.82, 2.24) is 4.98 Å². The SMILES string of the molecule is CCOC1CC(CC(=O)c2c[nH]c3ccc(C)cc23)C1. The molecule has 106 valence electrons. The van der Waals surface area contributed by atoms with E-state index in [1.54, 1.807) is 0 Å². The minimum Gasteiger partial charge on any atom is -0.378 e. The van der Waals surface area contributed by atoms with Crippen LogP contribution in [0.25, 0.3) is 10.9 Å². The summed E-state index contributed by atoms with van der Waals surface area (Å²) in [5, 5.41) is 1.05. The van der Waals surface area contributed by atoms with E-state index in [1.807, 2.05) is 19.2 Å². The molecule has 0 unspecified atom stereocenters. The molecular weight excluding hydrogens is 250 g/mol. The molecule has 1 aromatic carbocycles. The molecule has 1 N–H and O–H groups in total. The summed E-state index contributed by atoms with van der Waals surface area (Å²) >= 11 is 0. The molecule has 0 saturated heterocycles. The third-order valence-electron chi connectivity index (χ3n) is 4.21. The van der Waals surface area contributed by atoms with Crippen LogP contribution in [0.2, 0.25) is 0 Å². The fraction of sp³-hybridized carbons (Fsp3) is 0.471. The number of Topliss-reactive ketones (excluding diaryl/α,β-unsaturated/α-hetero) is 1. The van der Waals surface area contributed by atoms with E-state index in [0.717, 1.165) is 35.9 Å². The lowest BCUT2D eigenvalue weighted by molar-refractivity contribution is -0.0245. The van der Waals surface area contributed by atoms with Crippen molar-refractivity contribution in [3.63, 3.8) is 0 Å². The topological polar surface area (TPSA) is 42.1 Å². The predicted molar refractivity (Wildman–Crippen MR) is 80.1 cm³/mol. The second-order valence-corrected chi connectivity index (χ2v) is 5.79. The number of ether oxygens (including phenoxy) is 1. The van der Waals surface area contributed by atoms with Crippen LogP contribution in [-0.4, -0.2) is 23.5 Å². The maximum atomic E-state index is 12.4. The number of aryl methyl sites for hydroxylation is 1. The number of fused-ring (bicyclic) bond motifs is 1. The first-order chi connectivity index (χ1) is 9.67. The standard InChI is InChI=1S/C17H21NO2/c1-3-20-13-7-12(8-13)9-17(19)15-10-18-16-5-4-11(2)6-14(15)16/h4-6,10,12-13,18H,3,7-9H2,1-2H3. The van der Waals surface area contributed by atoms with Gasteiger partial charge in [-0.2, -0.15) is 0 Å². The number of rotatable bonds is 5. The normalized spacial score (nSPS) is 21.9. The highest BCUT2D eigenvalue weighted by atomic mass is 16.5. The van der Waals surface area contributed by atoms with Gasteiger partial charge in [0.2, 0.25) is 0 Å². The van der Waals surface area contributed by atoms with Gasteiger partial charge in [0, 0.05) is 35.7 Å². The number of hydrogen-bond donors (Lipinski definition) is 1. The van der Waals surface area contributed by atoms with Gasteiger partial charge in [-0.3, -0.25) is 4.79 Å². The largest absolute Gasteiger partial charge is 0.378 e. The second-order valence-electron chi connectivity index (χ2n) is 5.79. The molecule has 0 amide bonds. The van der Waals surface area contributed by atoms with Crippen molar-refractivity contribution in [2.24, 2.45) is 5.92 Å². The van der Waals surface area contributed by atoms with Gasteiger partial charge in [-0.15, -0.1) is 0 Å². The number of aromatic amines is 1. The van der Waals surface area contributed by atoms with Crippen LogP contribution in [0.5, 0.6) is 0 Å². The Balaban J connectivity index is 1.69. The van der Waals surface area contributed by atoms with E-state index in [1.165, 1.54) is 5.56 Å². The van der Waals surface area contributed by atoms with E-state index < -0.39 is 0 Å². The molecule has 0 aliphatic heterocycles. The van der Waals surface area contributed by atoms with Crippen LogP contribution >= 0.6 is 0 Å². The van der Waals surface area contributed by atoms with E-state index in [2.05, 4.69) is 24.0 Å². The number of carbonyl (C=O) groups is 1. The number of aromatic nitrogens is 1. The number of nitrogens with one attached hydrogen (secondary N) is 1. The number of ketones is 1. The summed E-state index contributed by atoms with van der Waals surface area (Å²) in [5.74, 6) is 0.746. The van der Waals surface area contributed by atoms with Crippen molar-refractivity contribution in [3.05, 3.63) is 35.5 Å². The summed E-state index contributed by atoms with van der Waals surface area (Å²) < 4.78 is 5.55. The lowest BCUT2D eigenvalue weighted by atomic mass is 9.78. The Morgan fingerprint density at radius 1 is 1.40 bits per heavy atom. The minimum absolute atomic E-state index is 0.252. The maximum Gasteiger partial charge on any atom is 0.165 e. The Morgan fingerprint density at radius 3 is 2.95 bits per heavy atom. The molecule has 3 rings (SSSR count). The summed E-state index contributed by atoms with van der Waals surface area (Å²) in [4.78, 5) is 15.6. The van der Waals surface area contributed by atoms with Crippen molar-refractivity contribution >= 4 is 16.7 Å². The Kier molecular flexibility index (Phi) is 3.62. The average molecular weight is 271 g/mol. The van der Waals surface area contributed by atoms with Crippen LogP contribution in [0.4, 0.5) is 0 Å². The van der Waals surface area contributed by atoms with E-state index in [-0.39, 0.29) is 5.78 Å². The summed E-state index contributed by atoms with van der Waals surface area (Å²) in [6.45, 7) is 4.85. The lowest BCUT2D eigenvalue weighted by Crippen LogP contribution is -2.32. The molecule has 0 bridgehead atoms. The van der Waals surface area contributed by atoms with Crippen molar-refractivity contribution < 1.29 is 9.53 Å². The molecule has 3 nitrogen and oxygen atoms in total.